The minimum Gasteiger partial charge on any atom is -0.294 e. The summed E-state index contributed by atoms with van der Waals surface area (Å²) in [5, 5.41) is 0.450. The molecule has 6 heteroatoms. The topological polar surface area (TPSA) is 17.1 Å². The molecule has 0 aliphatic rings. The Bertz CT molecular complexity index is 666. The molecule has 0 radical (unpaired) electrons. The quantitative estimate of drug-likeness (QED) is 0.477. The lowest BCUT2D eigenvalue weighted by Gasteiger charge is -2.08. The summed E-state index contributed by atoms with van der Waals surface area (Å²) in [6.45, 7) is 0. The van der Waals surface area contributed by atoms with Gasteiger partial charge in [-0.2, -0.15) is 13.2 Å². The van der Waals surface area contributed by atoms with Gasteiger partial charge in [0.25, 0.3) is 0 Å². The molecule has 1 nitrogen and oxygen atoms in total. The molecule has 0 heterocycles. The summed E-state index contributed by atoms with van der Waals surface area (Å²) in [5.74, 6) is -0.179. The molecule has 2 rings (SSSR count). The molecule has 0 saturated heterocycles. The minimum absolute atomic E-state index is 0.0362. The van der Waals surface area contributed by atoms with E-state index < -0.39 is 11.7 Å². The van der Waals surface area contributed by atoms with Crippen molar-refractivity contribution < 1.29 is 18.0 Å². The van der Waals surface area contributed by atoms with E-state index >= 15 is 0 Å². The number of benzene rings is 2. The third-order valence-corrected chi connectivity index (χ3v) is 4.05. The monoisotopic (exact) mass is 424 g/mol. The second kappa shape index (κ2) is 6.36. The maximum absolute atomic E-state index is 12.5. The van der Waals surface area contributed by atoms with E-state index in [2.05, 4.69) is 0 Å². The lowest BCUT2D eigenvalue weighted by molar-refractivity contribution is -0.137. The van der Waals surface area contributed by atoms with E-state index in [1.807, 2.05) is 22.6 Å². The standard InChI is InChI=1S/C15H9ClF3IO/c16-11-5-6-13(20)12(8-11)14(21)7-9-1-3-10(4-2-9)15(17,18)19/h1-6,8H,7H2. The van der Waals surface area contributed by atoms with Crippen molar-refractivity contribution >= 4 is 40.0 Å². The van der Waals surface area contributed by atoms with Crippen LogP contribution in [0, 0.1) is 3.57 Å². The molecule has 0 atom stereocenters. The number of rotatable bonds is 3. The van der Waals surface area contributed by atoms with Gasteiger partial charge < -0.3 is 0 Å². The van der Waals surface area contributed by atoms with Gasteiger partial charge in [0.1, 0.15) is 0 Å². The summed E-state index contributed by atoms with van der Waals surface area (Å²) in [4.78, 5) is 12.2. The summed E-state index contributed by atoms with van der Waals surface area (Å²) in [5.41, 5.74) is 0.280. The van der Waals surface area contributed by atoms with Crippen molar-refractivity contribution in [3.63, 3.8) is 0 Å². The predicted octanol–water partition coefficient (Wildman–Crippen LogP) is 5.39. The van der Waals surface area contributed by atoms with Crippen LogP contribution in [0.2, 0.25) is 5.02 Å². The number of ketones is 1. The summed E-state index contributed by atoms with van der Waals surface area (Å²) in [6, 6.07) is 9.56. The number of alkyl halides is 3. The van der Waals surface area contributed by atoms with Crippen molar-refractivity contribution in [2.75, 3.05) is 0 Å². The fraction of sp³-hybridized carbons (Fsp3) is 0.133. The Labute approximate surface area is 138 Å². The Morgan fingerprint density at radius 3 is 2.29 bits per heavy atom. The molecule has 0 fully saturated rings. The molecule has 0 aliphatic heterocycles. The molecule has 0 saturated carbocycles. The minimum atomic E-state index is -4.37. The molecule has 0 unspecified atom stereocenters. The number of Topliss-reactive ketones (excluding diaryl/α,β-unsaturated/α-hetero) is 1. The molecule has 110 valence electrons. The van der Waals surface area contributed by atoms with Gasteiger partial charge in [0, 0.05) is 20.6 Å². The zero-order valence-corrected chi connectivity index (χ0v) is 13.5. The van der Waals surface area contributed by atoms with Crippen molar-refractivity contribution in [3.8, 4) is 0 Å². The normalized spacial score (nSPS) is 11.5. The van der Waals surface area contributed by atoms with Crippen LogP contribution in [-0.2, 0) is 12.6 Å². The maximum atomic E-state index is 12.5. The Morgan fingerprint density at radius 2 is 1.71 bits per heavy atom. The first-order chi connectivity index (χ1) is 9.77. The lowest BCUT2D eigenvalue weighted by atomic mass is 10.0. The van der Waals surface area contributed by atoms with Gasteiger partial charge in [0.05, 0.1) is 5.56 Å². The molecule has 0 N–H and O–H groups in total. The molecule has 0 spiro atoms. The third-order valence-electron chi connectivity index (χ3n) is 2.87. The van der Waals surface area contributed by atoms with Crippen LogP contribution < -0.4 is 0 Å². The van der Waals surface area contributed by atoms with Gasteiger partial charge in [-0.05, 0) is 58.5 Å². The summed E-state index contributed by atoms with van der Waals surface area (Å²) in [6.07, 6.45) is -4.33. The molecule has 0 aromatic heterocycles. The van der Waals surface area contributed by atoms with Crippen molar-refractivity contribution in [1.29, 1.82) is 0 Å². The highest BCUT2D eigenvalue weighted by Gasteiger charge is 2.30. The predicted molar refractivity (Wildman–Crippen MR) is 83.6 cm³/mol. The molecular formula is C15H9ClF3IO. The van der Waals surface area contributed by atoms with E-state index in [0.717, 1.165) is 15.7 Å². The number of hydrogen-bond acceptors (Lipinski definition) is 1. The summed E-state index contributed by atoms with van der Waals surface area (Å²) < 4.78 is 38.1. The SMILES string of the molecule is O=C(Cc1ccc(C(F)(F)F)cc1)c1cc(Cl)ccc1I. The van der Waals surface area contributed by atoms with Crippen LogP contribution in [0.5, 0.6) is 0 Å². The van der Waals surface area contributed by atoms with E-state index in [9.17, 15) is 18.0 Å². The first-order valence-electron chi connectivity index (χ1n) is 5.92. The Kier molecular flexibility index (Phi) is 4.93. The van der Waals surface area contributed by atoms with Gasteiger partial charge in [-0.1, -0.05) is 23.7 Å². The number of carbonyl (C=O) groups excluding carboxylic acids is 1. The average Bonchev–Trinajstić information content (AvgIpc) is 2.41. The highest BCUT2D eigenvalue weighted by molar-refractivity contribution is 14.1. The summed E-state index contributed by atoms with van der Waals surface area (Å²) in [7, 11) is 0. The zero-order valence-electron chi connectivity index (χ0n) is 10.5. The Balaban J connectivity index is 2.18. The van der Waals surface area contributed by atoms with Crippen LogP contribution in [0.3, 0.4) is 0 Å². The fourth-order valence-electron chi connectivity index (χ4n) is 1.80. The van der Waals surface area contributed by atoms with Gasteiger partial charge in [-0.3, -0.25) is 4.79 Å². The van der Waals surface area contributed by atoms with Crippen LogP contribution in [-0.4, -0.2) is 5.78 Å². The molecule has 2 aromatic carbocycles. The van der Waals surface area contributed by atoms with Crippen LogP contribution in [0.1, 0.15) is 21.5 Å². The highest BCUT2D eigenvalue weighted by atomic mass is 127. The van der Waals surface area contributed by atoms with Crippen molar-refractivity contribution in [3.05, 3.63) is 67.7 Å². The van der Waals surface area contributed by atoms with Crippen molar-refractivity contribution in [2.45, 2.75) is 12.6 Å². The maximum Gasteiger partial charge on any atom is 0.416 e. The fourth-order valence-corrected chi connectivity index (χ4v) is 2.61. The van der Waals surface area contributed by atoms with E-state index in [4.69, 9.17) is 11.6 Å². The second-order valence-corrected chi connectivity index (χ2v) is 6.02. The first kappa shape index (κ1) is 16.3. The van der Waals surface area contributed by atoms with E-state index in [1.54, 1.807) is 18.2 Å². The molecule has 2 aromatic rings. The molecule has 0 aliphatic carbocycles. The van der Waals surface area contributed by atoms with Crippen LogP contribution in [0.4, 0.5) is 13.2 Å². The Morgan fingerprint density at radius 1 is 1.10 bits per heavy atom. The highest BCUT2D eigenvalue weighted by Crippen LogP contribution is 2.29. The van der Waals surface area contributed by atoms with Gasteiger partial charge in [0.2, 0.25) is 0 Å². The van der Waals surface area contributed by atoms with Crippen molar-refractivity contribution in [2.24, 2.45) is 0 Å². The van der Waals surface area contributed by atoms with E-state index in [1.165, 1.54) is 12.1 Å². The Hall–Kier alpha value is -1.08. The average molecular weight is 425 g/mol. The van der Waals surface area contributed by atoms with Crippen LogP contribution in [0.15, 0.2) is 42.5 Å². The molecule has 0 bridgehead atoms. The number of carbonyl (C=O) groups is 1. The summed E-state index contributed by atoms with van der Waals surface area (Å²) >= 11 is 7.88. The van der Waals surface area contributed by atoms with Gasteiger partial charge in [-0.25, -0.2) is 0 Å². The molecule has 0 amide bonds. The third kappa shape index (κ3) is 4.20. The number of hydrogen-bond donors (Lipinski definition) is 0. The number of halogens is 5. The van der Waals surface area contributed by atoms with E-state index in [-0.39, 0.29) is 12.2 Å². The van der Waals surface area contributed by atoms with Crippen LogP contribution >= 0.6 is 34.2 Å². The van der Waals surface area contributed by atoms with Crippen molar-refractivity contribution in [1.82, 2.24) is 0 Å². The zero-order chi connectivity index (χ0) is 15.6. The largest absolute Gasteiger partial charge is 0.416 e. The van der Waals surface area contributed by atoms with Gasteiger partial charge in [-0.15, -0.1) is 0 Å². The second-order valence-electron chi connectivity index (χ2n) is 4.42. The first-order valence-corrected chi connectivity index (χ1v) is 7.37. The lowest BCUT2D eigenvalue weighted by Crippen LogP contribution is -2.07. The molecular weight excluding hydrogens is 416 g/mol. The van der Waals surface area contributed by atoms with Crippen LogP contribution in [0.25, 0.3) is 0 Å². The van der Waals surface area contributed by atoms with Gasteiger partial charge in [0.15, 0.2) is 5.78 Å². The van der Waals surface area contributed by atoms with Gasteiger partial charge >= 0.3 is 6.18 Å². The molecule has 21 heavy (non-hydrogen) atoms. The van der Waals surface area contributed by atoms with E-state index in [0.29, 0.717) is 16.1 Å². The smallest absolute Gasteiger partial charge is 0.294 e.